The molecule has 0 radical (unpaired) electrons. The zero-order valence-electron chi connectivity index (χ0n) is 10.6. The highest BCUT2D eigenvalue weighted by Gasteiger charge is 2.14. The van der Waals surface area contributed by atoms with Gasteiger partial charge in [0.15, 0.2) is 5.96 Å². The van der Waals surface area contributed by atoms with Gasteiger partial charge in [0, 0.05) is 25.2 Å². The topological polar surface area (TPSA) is 109 Å². The van der Waals surface area contributed by atoms with Crippen LogP contribution in [0, 0.1) is 0 Å². The molecular formula is C10H17N5O3S. The fourth-order valence-corrected chi connectivity index (χ4v) is 2.66. The molecule has 0 fully saturated rings. The van der Waals surface area contributed by atoms with Crippen molar-refractivity contribution in [2.75, 3.05) is 19.6 Å². The average Bonchev–Trinajstić information content (AvgIpc) is 2.96. The smallest absolute Gasteiger partial charge is 0.217 e. The minimum atomic E-state index is -3.38. The molecular weight excluding hydrogens is 270 g/mol. The van der Waals surface area contributed by atoms with Crippen LogP contribution in [0.3, 0.4) is 0 Å². The van der Waals surface area contributed by atoms with Gasteiger partial charge in [0.2, 0.25) is 10.0 Å². The van der Waals surface area contributed by atoms with Gasteiger partial charge in [-0.2, -0.15) is 0 Å². The molecule has 1 aliphatic rings. The Kier molecular flexibility index (Phi) is 4.38. The van der Waals surface area contributed by atoms with E-state index in [0.717, 1.165) is 6.54 Å². The summed E-state index contributed by atoms with van der Waals surface area (Å²) in [5.41, 5.74) is 0.385. The monoisotopic (exact) mass is 287 g/mol. The summed E-state index contributed by atoms with van der Waals surface area (Å²) in [6.07, 6.45) is 1.34. The van der Waals surface area contributed by atoms with Gasteiger partial charge in [0.05, 0.1) is 12.2 Å². The minimum absolute atomic E-state index is 0.181. The van der Waals surface area contributed by atoms with Crippen molar-refractivity contribution in [3.8, 4) is 0 Å². The maximum absolute atomic E-state index is 11.7. The van der Waals surface area contributed by atoms with Crippen LogP contribution in [0.2, 0.25) is 0 Å². The summed E-state index contributed by atoms with van der Waals surface area (Å²) in [5, 5.41) is 9.71. The maximum atomic E-state index is 11.7. The fraction of sp³-hybridized carbons (Fsp3) is 0.600. The van der Waals surface area contributed by atoms with Gasteiger partial charge in [-0.1, -0.05) is 5.16 Å². The molecule has 0 aromatic carbocycles. The molecule has 2 rings (SSSR count). The van der Waals surface area contributed by atoms with Crippen LogP contribution in [0.5, 0.6) is 0 Å². The van der Waals surface area contributed by atoms with Gasteiger partial charge in [-0.3, -0.25) is 4.99 Å². The molecule has 0 aliphatic carbocycles. The largest absolute Gasteiger partial charge is 0.364 e. The van der Waals surface area contributed by atoms with Gasteiger partial charge in [-0.25, -0.2) is 13.1 Å². The third kappa shape index (κ3) is 4.52. The fourth-order valence-electron chi connectivity index (χ4n) is 1.60. The Morgan fingerprint density at radius 1 is 1.53 bits per heavy atom. The summed E-state index contributed by atoms with van der Waals surface area (Å²) in [7, 11) is -3.38. The second-order valence-electron chi connectivity index (χ2n) is 4.31. The van der Waals surface area contributed by atoms with Crippen molar-refractivity contribution in [1.29, 1.82) is 0 Å². The first-order valence-corrected chi connectivity index (χ1v) is 7.62. The molecule has 0 saturated heterocycles. The van der Waals surface area contributed by atoms with Gasteiger partial charge in [0.25, 0.3) is 0 Å². The van der Waals surface area contributed by atoms with Gasteiger partial charge in [-0.15, -0.1) is 0 Å². The van der Waals surface area contributed by atoms with E-state index >= 15 is 0 Å². The van der Waals surface area contributed by atoms with E-state index in [9.17, 15) is 8.42 Å². The molecule has 0 amide bonds. The first-order valence-electron chi connectivity index (χ1n) is 5.96. The Morgan fingerprint density at radius 2 is 2.37 bits per heavy atom. The van der Waals surface area contributed by atoms with Crippen LogP contribution in [-0.2, 0) is 15.8 Å². The molecule has 1 unspecified atom stereocenters. The SMILES string of the molecule is CC1CN=C(NCCNS(=O)(=O)Cc2ccon2)N1. The summed E-state index contributed by atoms with van der Waals surface area (Å²) in [6.45, 7) is 3.52. The van der Waals surface area contributed by atoms with Crippen molar-refractivity contribution in [3.05, 3.63) is 18.0 Å². The van der Waals surface area contributed by atoms with Crippen LogP contribution in [0.4, 0.5) is 0 Å². The molecule has 0 spiro atoms. The molecule has 106 valence electrons. The van der Waals surface area contributed by atoms with Gasteiger partial charge in [0.1, 0.15) is 12.0 Å². The Balaban J connectivity index is 1.67. The molecule has 19 heavy (non-hydrogen) atoms. The van der Waals surface area contributed by atoms with Crippen molar-refractivity contribution in [2.45, 2.75) is 18.7 Å². The number of nitrogens with one attached hydrogen (secondary N) is 3. The average molecular weight is 287 g/mol. The normalized spacial score (nSPS) is 19.0. The molecule has 2 heterocycles. The molecule has 3 N–H and O–H groups in total. The maximum Gasteiger partial charge on any atom is 0.217 e. The second-order valence-corrected chi connectivity index (χ2v) is 6.11. The lowest BCUT2D eigenvalue weighted by atomic mass is 10.4. The standard InChI is InChI=1S/C10H17N5O3S/c1-8-6-12-10(14-8)11-3-4-13-19(16,17)7-9-2-5-18-15-9/h2,5,8,13H,3-4,6-7H2,1H3,(H2,11,12,14). The number of nitrogens with zero attached hydrogens (tertiary/aromatic N) is 2. The zero-order chi connectivity index (χ0) is 13.7. The number of hydrogen-bond donors (Lipinski definition) is 3. The van der Waals surface area contributed by atoms with E-state index in [0.29, 0.717) is 24.2 Å². The lowest BCUT2D eigenvalue weighted by Crippen LogP contribution is -2.41. The van der Waals surface area contributed by atoms with E-state index in [-0.39, 0.29) is 12.3 Å². The quantitative estimate of drug-likeness (QED) is 0.581. The summed E-state index contributed by atoms with van der Waals surface area (Å²) in [6, 6.07) is 1.85. The van der Waals surface area contributed by atoms with E-state index < -0.39 is 10.0 Å². The van der Waals surface area contributed by atoms with E-state index in [1.165, 1.54) is 12.3 Å². The van der Waals surface area contributed by atoms with Gasteiger partial charge >= 0.3 is 0 Å². The lowest BCUT2D eigenvalue weighted by molar-refractivity contribution is 0.413. The number of aliphatic imine (C=N–C) groups is 1. The molecule has 0 saturated carbocycles. The summed E-state index contributed by atoms with van der Waals surface area (Å²) >= 11 is 0. The van der Waals surface area contributed by atoms with Crippen molar-refractivity contribution < 1.29 is 12.9 Å². The number of rotatable bonds is 6. The molecule has 1 atom stereocenters. The second kappa shape index (κ2) is 6.02. The molecule has 1 aromatic heterocycles. The van der Waals surface area contributed by atoms with Crippen LogP contribution in [-0.4, -0.2) is 45.2 Å². The Hall–Kier alpha value is -1.61. The Morgan fingerprint density at radius 3 is 3.00 bits per heavy atom. The van der Waals surface area contributed by atoms with Crippen molar-refractivity contribution in [3.63, 3.8) is 0 Å². The first kappa shape index (κ1) is 13.8. The lowest BCUT2D eigenvalue weighted by Gasteiger charge is -2.09. The first-order chi connectivity index (χ1) is 9.05. The van der Waals surface area contributed by atoms with Gasteiger partial charge < -0.3 is 15.2 Å². The summed E-state index contributed by atoms with van der Waals surface area (Å²) < 4.78 is 30.4. The van der Waals surface area contributed by atoms with E-state index in [1.54, 1.807) is 0 Å². The molecule has 9 heteroatoms. The van der Waals surface area contributed by atoms with Crippen molar-refractivity contribution >= 4 is 16.0 Å². The van der Waals surface area contributed by atoms with Crippen molar-refractivity contribution in [2.24, 2.45) is 4.99 Å². The predicted molar refractivity (Wildman–Crippen MR) is 70.0 cm³/mol. The number of aromatic nitrogens is 1. The Labute approximate surface area is 111 Å². The van der Waals surface area contributed by atoms with Crippen LogP contribution in [0.15, 0.2) is 21.8 Å². The minimum Gasteiger partial charge on any atom is -0.364 e. The predicted octanol–water partition coefficient (Wildman–Crippen LogP) is -0.969. The molecule has 0 bridgehead atoms. The van der Waals surface area contributed by atoms with E-state index in [4.69, 9.17) is 0 Å². The molecule has 1 aliphatic heterocycles. The van der Waals surface area contributed by atoms with Crippen LogP contribution < -0.4 is 15.4 Å². The van der Waals surface area contributed by atoms with Crippen molar-refractivity contribution in [1.82, 2.24) is 20.5 Å². The Bertz CT molecular complexity index is 525. The molecule has 8 nitrogen and oxygen atoms in total. The van der Waals surface area contributed by atoms with E-state index in [1.807, 2.05) is 6.92 Å². The highest BCUT2D eigenvalue weighted by atomic mass is 32.2. The molecule has 1 aromatic rings. The van der Waals surface area contributed by atoms with Crippen LogP contribution in [0.1, 0.15) is 12.6 Å². The highest BCUT2D eigenvalue weighted by molar-refractivity contribution is 7.88. The van der Waals surface area contributed by atoms with Crippen LogP contribution >= 0.6 is 0 Å². The summed E-state index contributed by atoms with van der Waals surface area (Å²) in [4.78, 5) is 4.21. The number of guanidine groups is 1. The summed E-state index contributed by atoms with van der Waals surface area (Å²) in [5.74, 6) is 0.530. The van der Waals surface area contributed by atoms with Gasteiger partial charge in [-0.05, 0) is 6.92 Å². The van der Waals surface area contributed by atoms with Crippen LogP contribution in [0.25, 0.3) is 0 Å². The third-order valence-electron chi connectivity index (χ3n) is 2.47. The number of hydrogen-bond acceptors (Lipinski definition) is 7. The zero-order valence-corrected chi connectivity index (χ0v) is 11.4. The van der Waals surface area contributed by atoms with E-state index in [2.05, 4.69) is 30.0 Å². The highest BCUT2D eigenvalue weighted by Crippen LogP contribution is 2.00. The number of sulfonamides is 1. The third-order valence-corrected chi connectivity index (χ3v) is 3.79.